The first kappa shape index (κ1) is 15.3. The minimum absolute atomic E-state index is 0.0868. The number of halogens is 5. The van der Waals surface area contributed by atoms with E-state index in [1.54, 1.807) is 6.07 Å². The van der Waals surface area contributed by atoms with Crippen LogP contribution in [0.2, 0.25) is 10.6 Å². The van der Waals surface area contributed by atoms with Crippen LogP contribution >= 0.6 is 23.2 Å². The summed E-state index contributed by atoms with van der Waals surface area (Å²) in [5, 5.41) is 11.1. The predicted octanol–water partition coefficient (Wildman–Crippen LogP) is 3.81. The smallest absolute Gasteiger partial charge is 0.323 e. The lowest BCUT2D eigenvalue weighted by molar-refractivity contribution is -0.137. The van der Waals surface area contributed by atoms with E-state index in [1.807, 2.05) is 0 Å². The van der Waals surface area contributed by atoms with Crippen LogP contribution in [0.3, 0.4) is 0 Å². The van der Waals surface area contributed by atoms with Crippen LogP contribution in [0.5, 0.6) is 0 Å². The zero-order valence-electron chi connectivity index (χ0n) is 9.91. The van der Waals surface area contributed by atoms with Crippen molar-refractivity contribution in [3.05, 3.63) is 39.9 Å². The Balaban J connectivity index is 2.39. The molecule has 0 fully saturated rings. The van der Waals surface area contributed by atoms with Crippen LogP contribution < -0.4 is 5.32 Å². The summed E-state index contributed by atoms with van der Waals surface area (Å²) < 4.78 is 37.7. The van der Waals surface area contributed by atoms with Crippen LogP contribution in [0.4, 0.5) is 24.8 Å². The first-order valence-electron chi connectivity index (χ1n) is 5.25. The third-order valence-electron chi connectivity index (χ3n) is 2.29. The van der Waals surface area contributed by atoms with E-state index in [2.05, 4.69) is 20.3 Å². The molecule has 0 radical (unpaired) electrons. The molecule has 10 heteroatoms. The van der Waals surface area contributed by atoms with E-state index >= 15 is 0 Å². The van der Waals surface area contributed by atoms with Gasteiger partial charge in [-0.2, -0.15) is 33.4 Å². The van der Waals surface area contributed by atoms with Crippen LogP contribution in [0.15, 0.2) is 18.2 Å². The highest BCUT2D eigenvalue weighted by molar-refractivity contribution is 6.31. The van der Waals surface area contributed by atoms with E-state index in [0.717, 1.165) is 12.1 Å². The quantitative estimate of drug-likeness (QED) is 0.904. The second kappa shape index (κ2) is 5.71. The van der Waals surface area contributed by atoms with Crippen molar-refractivity contribution >= 4 is 34.8 Å². The van der Waals surface area contributed by atoms with Crippen LogP contribution in [0, 0.1) is 11.3 Å². The van der Waals surface area contributed by atoms with Gasteiger partial charge in [-0.25, -0.2) is 0 Å². The Kier molecular flexibility index (Phi) is 4.16. The Hall–Kier alpha value is -2.11. The summed E-state index contributed by atoms with van der Waals surface area (Å²) in [6.45, 7) is 0. The normalized spacial score (nSPS) is 11.0. The molecule has 0 aliphatic rings. The molecular weight excluding hydrogens is 330 g/mol. The molecule has 21 heavy (non-hydrogen) atoms. The molecule has 2 rings (SSSR count). The van der Waals surface area contributed by atoms with Crippen LogP contribution in [-0.4, -0.2) is 15.0 Å². The van der Waals surface area contributed by atoms with Crippen molar-refractivity contribution in [2.75, 3.05) is 5.32 Å². The topological polar surface area (TPSA) is 74.5 Å². The van der Waals surface area contributed by atoms with E-state index in [9.17, 15) is 13.2 Å². The maximum Gasteiger partial charge on any atom is 0.416 e. The number of nitrogens with one attached hydrogen (secondary N) is 1. The van der Waals surface area contributed by atoms with Gasteiger partial charge in [0.05, 0.1) is 16.8 Å². The number of benzene rings is 1. The number of aromatic nitrogens is 3. The molecule has 5 nitrogen and oxygen atoms in total. The summed E-state index contributed by atoms with van der Waals surface area (Å²) in [4.78, 5) is 10.9. The largest absolute Gasteiger partial charge is 0.416 e. The maximum atomic E-state index is 12.6. The van der Waals surface area contributed by atoms with Gasteiger partial charge < -0.3 is 5.32 Å². The summed E-state index contributed by atoms with van der Waals surface area (Å²) in [6, 6.07) is 4.29. The first-order chi connectivity index (χ1) is 9.79. The Morgan fingerprint density at radius 1 is 1.10 bits per heavy atom. The minimum Gasteiger partial charge on any atom is -0.323 e. The number of hydrogen-bond donors (Lipinski definition) is 1. The van der Waals surface area contributed by atoms with Crippen molar-refractivity contribution < 1.29 is 13.2 Å². The van der Waals surface area contributed by atoms with Gasteiger partial charge in [-0.3, -0.25) is 0 Å². The zero-order chi connectivity index (χ0) is 15.6. The van der Waals surface area contributed by atoms with Crippen molar-refractivity contribution in [2.45, 2.75) is 6.18 Å². The zero-order valence-corrected chi connectivity index (χ0v) is 11.4. The lowest BCUT2D eigenvalue weighted by Crippen LogP contribution is -2.07. The highest BCUT2D eigenvalue weighted by Gasteiger charge is 2.31. The highest BCUT2D eigenvalue weighted by Crippen LogP contribution is 2.32. The van der Waals surface area contributed by atoms with E-state index in [1.165, 1.54) is 0 Å². The van der Waals surface area contributed by atoms with Crippen LogP contribution in [0.25, 0.3) is 0 Å². The average Bonchev–Trinajstić information content (AvgIpc) is 2.36. The van der Waals surface area contributed by atoms with Gasteiger partial charge in [-0.15, -0.1) is 0 Å². The molecule has 0 saturated heterocycles. The molecule has 0 atom stereocenters. The maximum absolute atomic E-state index is 12.6. The number of alkyl halides is 3. The van der Waals surface area contributed by atoms with E-state index < -0.39 is 11.7 Å². The molecule has 1 N–H and O–H groups in total. The summed E-state index contributed by atoms with van der Waals surface area (Å²) in [6.07, 6.45) is -4.54. The molecular formula is C11H4Cl2F3N5. The van der Waals surface area contributed by atoms with E-state index in [0.29, 0.717) is 6.07 Å². The van der Waals surface area contributed by atoms with Gasteiger partial charge >= 0.3 is 6.18 Å². The summed E-state index contributed by atoms with van der Waals surface area (Å²) in [5.41, 5.74) is -1.07. The molecule has 0 bridgehead atoms. The van der Waals surface area contributed by atoms with Crippen LogP contribution in [-0.2, 0) is 6.18 Å². The Bertz CT molecular complexity index is 707. The molecule has 2 aromatic rings. The summed E-state index contributed by atoms with van der Waals surface area (Å²) >= 11 is 11.1. The molecule has 1 aromatic heterocycles. The molecule has 108 valence electrons. The van der Waals surface area contributed by atoms with Gasteiger partial charge in [0, 0.05) is 0 Å². The Morgan fingerprint density at radius 3 is 2.24 bits per heavy atom. The highest BCUT2D eigenvalue weighted by atomic mass is 35.5. The lowest BCUT2D eigenvalue weighted by Gasteiger charge is -2.10. The third-order valence-corrected chi connectivity index (χ3v) is 2.63. The Labute approximate surface area is 126 Å². The molecule has 0 spiro atoms. The molecule has 1 aromatic carbocycles. The monoisotopic (exact) mass is 333 g/mol. The molecule has 0 aliphatic heterocycles. The number of hydrogen-bond acceptors (Lipinski definition) is 5. The molecule has 0 saturated carbocycles. The number of rotatable bonds is 2. The third kappa shape index (κ3) is 3.71. The van der Waals surface area contributed by atoms with Gasteiger partial charge in [0.15, 0.2) is 0 Å². The molecule has 1 heterocycles. The van der Waals surface area contributed by atoms with Crippen molar-refractivity contribution in [2.24, 2.45) is 0 Å². The first-order valence-corrected chi connectivity index (χ1v) is 6.00. The fourth-order valence-electron chi connectivity index (χ4n) is 1.42. The van der Waals surface area contributed by atoms with E-state index in [-0.39, 0.29) is 27.8 Å². The summed E-state index contributed by atoms with van der Waals surface area (Å²) in [7, 11) is 0. The van der Waals surface area contributed by atoms with Gasteiger partial charge in [0.2, 0.25) is 16.5 Å². The van der Waals surface area contributed by atoms with Crippen molar-refractivity contribution in [1.82, 2.24) is 15.0 Å². The van der Waals surface area contributed by atoms with Crippen molar-refractivity contribution in [3.8, 4) is 6.07 Å². The van der Waals surface area contributed by atoms with Crippen molar-refractivity contribution in [1.29, 1.82) is 5.26 Å². The predicted molar refractivity (Wildman–Crippen MR) is 69.3 cm³/mol. The van der Waals surface area contributed by atoms with Crippen LogP contribution in [0.1, 0.15) is 11.1 Å². The van der Waals surface area contributed by atoms with E-state index in [4.69, 9.17) is 28.5 Å². The second-order valence-corrected chi connectivity index (χ2v) is 4.37. The summed E-state index contributed by atoms with van der Waals surface area (Å²) in [5.74, 6) is -0.0868. The van der Waals surface area contributed by atoms with Gasteiger partial charge in [-0.1, -0.05) is 0 Å². The van der Waals surface area contributed by atoms with Gasteiger partial charge in [0.25, 0.3) is 0 Å². The molecule has 0 amide bonds. The van der Waals surface area contributed by atoms with Gasteiger partial charge in [-0.05, 0) is 41.4 Å². The number of nitriles is 1. The minimum atomic E-state index is -4.54. The number of anilines is 2. The molecule has 0 aliphatic carbocycles. The number of nitrogens with zero attached hydrogens (tertiary/aromatic N) is 4. The SMILES string of the molecule is N#Cc1cc(C(F)(F)F)ccc1Nc1nc(Cl)nc(Cl)n1. The standard InChI is InChI=1S/C11H4Cl2F3N5/c12-8-19-9(13)21-10(20-8)18-7-2-1-6(11(14,15)16)3-5(7)4-17/h1-3H,(H,18,19,20,21). The second-order valence-electron chi connectivity index (χ2n) is 3.69. The molecule has 0 unspecified atom stereocenters. The van der Waals surface area contributed by atoms with Gasteiger partial charge in [0.1, 0.15) is 6.07 Å². The fourth-order valence-corrected chi connectivity index (χ4v) is 1.79. The Morgan fingerprint density at radius 2 is 1.71 bits per heavy atom. The lowest BCUT2D eigenvalue weighted by atomic mass is 10.1. The fraction of sp³-hybridized carbons (Fsp3) is 0.0909. The average molecular weight is 334 g/mol. The van der Waals surface area contributed by atoms with Crippen molar-refractivity contribution in [3.63, 3.8) is 0 Å².